The van der Waals surface area contributed by atoms with Crippen molar-refractivity contribution in [1.29, 1.82) is 0 Å². The fourth-order valence-corrected chi connectivity index (χ4v) is 6.19. The van der Waals surface area contributed by atoms with Gasteiger partial charge in [-0.3, -0.25) is 0 Å². The van der Waals surface area contributed by atoms with Crippen LogP contribution in [0.15, 0.2) is 49.1 Å². The Kier molecular flexibility index (Phi) is 12.4. The molecule has 0 bridgehead atoms. The molecule has 0 saturated heterocycles. The second-order valence-corrected chi connectivity index (χ2v) is 10.3. The number of nitrogens with one attached hydrogen (secondary N) is 1. The summed E-state index contributed by atoms with van der Waals surface area (Å²) in [5, 5.41) is 4.16. The van der Waals surface area contributed by atoms with Gasteiger partial charge in [0, 0.05) is 55.7 Å². The summed E-state index contributed by atoms with van der Waals surface area (Å²) in [4.78, 5) is 24.1. The SMILES string of the molecule is C=CC(=O)Oc1ccc(OC(CC)OC(=O)NCCC[Si](OCC)(OCC)OCC)c2ccccc12. The van der Waals surface area contributed by atoms with Gasteiger partial charge in [0.15, 0.2) is 0 Å². The molecule has 0 radical (unpaired) electrons. The number of hydrogen-bond donors (Lipinski definition) is 1. The van der Waals surface area contributed by atoms with E-state index >= 15 is 0 Å². The highest BCUT2D eigenvalue weighted by Crippen LogP contribution is 2.34. The predicted octanol–water partition coefficient (Wildman–Crippen LogP) is 5.21. The summed E-state index contributed by atoms with van der Waals surface area (Å²) in [6, 6.07) is 11.2. The third kappa shape index (κ3) is 8.63. The molecule has 1 amide bonds. The molecule has 10 heteroatoms. The summed E-state index contributed by atoms with van der Waals surface area (Å²) in [5.41, 5.74) is 0. The van der Waals surface area contributed by atoms with Gasteiger partial charge in [-0.2, -0.15) is 0 Å². The molecular weight excluding hydrogens is 482 g/mol. The maximum Gasteiger partial charge on any atom is 0.500 e. The van der Waals surface area contributed by atoms with Crippen LogP contribution in [0.25, 0.3) is 10.8 Å². The van der Waals surface area contributed by atoms with Crippen molar-refractivity contribution in [1.82, 2.24) is 5.32 Å². The number of carbonyl (C=O) groups excluding carboxylic acids is 2. The Balaban J connectivity index is 1.97. The molecule has 0 saturated carbocycles. The van der Waals surface area contributed by atoms with E-state index in [1.807, 2.05) is 52.0 Å². The molecule has 0 fully saturated rings. The highest BCUT2D eigenvalue weighted by Gasteiger charge is 2.39. The zero-order valence-corrected chi connectivity index (χ0v) is 22.5. The quantitative estimate of drug-likeness (QED) is 0.0805. The molecule has 198 valence electrons. The smallest absolute Gasteiger partial charge is 0.454 e. The zero-order valence-electron chi connectivity index (χ0n) is 21.5. The first-order valence-electron chi connectivity index (χ1n) is 12.3. The van der Waals surface area contributed by atoms with E-state index in [0.717, 1.165) is 11.5 Å². The molecule has 1 unspecified atom stereocenters. The Bertz CT molecular complexity index is 982. The first kappa shape index (κ1) is 29.3. The van der Waals surface area contributed by atoms with Crippen LogP contribution in [0.2, 0.25) is 6.04 Å². The predicted molar refractivity (Wildman–Crippen MR) is 139 cm³/mol. The van der Waals surface area contributed by atoms with E-state index in [0.29, 0.717) is 62.1 Å². The summed E-state index contributed by atoms with van der Waals surface area (Å²) >= 11 is 0. The number of benzene rings is 2. The van der Waals surface area contributed by atoms with Crippen LogP contribution in [0, 0.1) is 0 Å². The number of hydrogen-bond acceptors (Lipinski definition) is 8. The Labute approximate surface area is 214 Å². The molecule has 0 aliphatic carbocycles. The first-order valence-corrected chi connectivity index (χ1v) is 14.2. The normalized spacial score (nSPS) is 12.1. The average molecular weight is 520 g/mol. The van der Waals surface area contributed by atoms with Gasteiger partial charge in [-0.1, -0.05) is 37.8 Å². The van der Waals surface area contributed by atoms with Crippen molar-refractivity contribution in [3.8, 4) is 11.5 Å². The highest BCUT2D eigenvalue weighted by molar-refractivity contribution is 6.60. The summed E-state index contributed by atoms with van der Waals surface area (Å²) in [7, 11) is -2.75. The number of alkyl carbamates (subject to hydrolysis) is 1. The third-order valence-corrected chi connectivity index (χ3v) is 8.22. The number of ether oxygens (including phenoxy) is 3. The van der Waals surface area contributed by atoms with Crippen molar-refractivity contribution < 1.29 is 37.1 Å². The molecular formula is C26H37NO8Si. The Morgan fingerprint density at radius 3 is 2.08 bits per heavy atom. The molecule has 2 rings (SSSR count). The minimum Gasteiger partial charge on any atom is -0.454 e. The summed E-state index contributed by atoms with van der Waals surface area (Å²) in [6.45, 7) is 12.9. The largest absolute Gasteiger partial charge is 0.500 e. The summed E-state index contributed by atoms with van der Waals surface area (Å²) in [5.74, 6) is 0.342. The molecule has 0 heterocycles. The van der Waals surface area contributed by atoms with Crippen molar-refractivity contribution in [3.05, 3.63) is 49.1 Å². The lowest BCUT2D eigenvalue weighted by molar-refractivity contribution is -0.128. The number of fused-ring (bicyclic) bond motifs is 1. The van der Waals surface area contributed by atoms with E-state index in [9.17, 15) is 9.59 Å². The highest BCUT2D eigenvalue weighted by atomic mass is 28.4. The van der Waals surface area contributed by atoms with Crippen LogP contribution < -0.4 is 14.8 Å². The molecule has 9 nitrogen and oxygen atoms in total. The van der Waals surface area contributed by atoms with E-state index in [1.54, 1.807) is 12.1 Å². The van der Waals surface area contributed by atoms with Crippen molar-refractivity contribution in [2.45, 2.75) is 52.9 Å². The molecule has 1 atom stereocenters. The summed E-state index contributed by atoms with van der Waals surface area (Å²) < 4.78 is 34.3. The Morgan fingerprint density at radius 1 is 0.944 bits per heavy atom. The van der Waals surface area contributed by atoms with Crippen LogP contribution in [0.3, 0.4) is 0 Å². The minimum absolute atomic E-state index is 0.379. The molecule has 2 aromatic carbocycles. The standard InChI is InChI=1S/C26H37NO8Si/c1-6-24(28)33-22-16-17-23(21-15-12-11-14-20(21)22)34-25(7-2)35-26(29)27-18-13-19-36(30-8-3,31-9-4)32-10-5/h6,11-12,14-17,25H,1,7-10,13,18-19H2,2-5H3,(H,27,29). The molecule has 1 N–H and O–H groups in total. The van der Waals surface area contributed by atoms with E-state index in [-0.39, 0.29) is 0 Å². The van der Waals surface area contributed by atoms with Crippen LogP contribution >= 0.6 is 0 Å². The number of rotatable bonds is 16. The molecule has 36 heavy (non-hydrogen) atoms. The van der Waals surface area contributed by atoms with E-state index < -0.39 is 27.2 Å². The third-order valence-electron chi connectivity index (χ3n) is 5.07. The van der Waals surface area contributed by atoms with Gasteiger partial charge in [-0.15, -0.1) is 0 Å². The van der Waals surface area contributed by atoms with Gasteiger partial charge in [-0.25, -0.2) is 9.59 Å². The average Bonchev–Trinajstić information content (AvgIpc) is 2.88. The van der Waals surface area contributed by atoms with Crippen molar-refractivity contribution in [3.63, 3.8) is 0 Å². The van der Waals surface area contributed by atoms with Crippen molar-refractivity contribution in [2.75, 3.05) is 26.4 Å². The number of amides is 1. The van der Waals surface area contributed by atoms with Gasteiger partial charge in [0.2, 0.25) is 6.29 Å². The van der Waals surface area contributed by atoms with Gasteiger partial charge < -0.3 is 32.8 Å². The lowest BCUT2D eigenvalue weighted by Crippen LogP contribution is -2.46. The lowest BCUT2D eigenvalue weighted by atomic mass is 10.1. The maximum atomic E-state index is 12.4. The second-order valence-electron chi connectivity index (χ2n) is 7.61. The van der Waals surface area contributed by atoms with Gasteiger partial charge >= 0.3 is 20.9 Å². The number of esters is 1. The maximum absolute atomic E-state index is 12.4. The second kappa shape index (κ2) is 15.2. The monoisotopic (exact) mass is 519 g/mol. The Hall–Kier alpha value is -2.92. The van der Waals surface area contributed by atoms with Crippen LogP contribution in [0.1, 0.15) is 40.5 Å². The molecule has 0 aromatic heterocycles. The van der Waals surface area contributed by atoms with Crippen LogP contribution in [0.5, 0.6) is 11.5 Å². The molecule has 0 aliphatic heterocycles. The van der Waals surface area contributed by atoms with Gasteiger partial charge in [-0.05, 0) is 39.3 Å². The fraction of sp³-hybridized carbons (Fsp3) is 0.462. The van der Waals surface area contributed by atoms with Gasteiger partial charge in [0.05, 0.1) is 0 Å². The summed E-state index contributed by atoms with van der Waals surface area (Å²) in [6.07, 6.45) is 0.766. The van der Waals surface area contributed by atoms with Gasteiger partial charge in [0.1, 0.15) is 11.5 Å². The van der Waals surface area contributed by atoms with Gasteiger partial charge in [0.25, 0.3) is 0 Å². The minimum atomic E-state index is -2.75. The first-order chi connectivity index (χ1) is 17.4. The Morgan fingerprint density at radius 2 is 1.53 bits per heavy atom. The lowest BCUT2D eigenvalue weighted by Gasteiger charge is -2.28. The number of carbonyl (C=O) groups is 2. The van der Waals surface area contributed by atoms with E-state index in [2.05, 4.69) is 11.9 Å². The van der Waals surface area contributed by atoms with Crippen LogP contribution in [-0.4, -0.2) is 53.5 Å². The van der Waals surface area contributed by atoms with Crippen LogP contribution in [-0.2, 0) is 22.8 Å². The van der Waals surface area contributed by atoms with Crippen molar-refractivity contribution >= 4 is 31.6 Å². The topological polar surface area (TPSA) is 102 Å². The fourth-order valence-electron chi connectivity index (χ4n) is 3.58. The van der Waals surface area contributed by atoms with E-state index in [4.69, 9.17) is 27.5 Å². The molecule has 0 aliphatic rings. The molecule has 2 aromatic rings. The van der Waals surface area contributed by atoms with E-state index in [1.165, 1.54) is 0 Å². The zero-order chi connectivity index (χ0) is 26.4. The molecule has 0 spiro atoms. The van der Waals surface area contributed by atoms with Crippen LogP contribution in [0.4, 0.5) is 4.79 Å². The van der Waals surface area contributed by atoms with Crippen molar-refractivity contribution in [2.24, 2.45) is 0 Å².